The maximum Gasteiger partial charge on any atom is 0.244 e. The lowest BCUT2D eigenvalue weighted by atomic mass is 9.94. The molecule has 0 aliphatic carbocycles. The number of benzene rings is 1. The van der Waals surface area contributed by atoms with Crippen molar-refractivity contribution >= 4 is 33.2 Å². The van der Waals surface area contributed by atoms with Crippen LogP contribution in [0.3, 0.4) is 0 Å². The van der Waals surface area contributed by atoms with Crippen molar-refractivity contribution in [2.75, 3.05) is 13.1 Å². The molecule has 1 heterocycles. The monoisotopic (exact) mass is 350 g/mol. The van der Waals surface area contributed by atoms with Gasteiger partial charge < -0.3 is 5.73 Å². The minimum atomic E-state index is -3.62. The van der Waals surface area contributed by atoms with E-state index in [9.17, 15) is 8.42 Å². The number of nitrogens with two attached hydrogens (primary N) is 1. The second kappa shape index (κ2) is 6.42. The van der Waals surface area contributed by atoms with Crippen LogP contribution < -0.4 is 5.73 Å². The van der Waals surface area contributed by atoms with Gasteiger partial charge in [-0.3, -0.25) is 0 Å². The molecule has 0 spiro atoms. The molecule has 0 aromatic heterocycles. The van der Waals surface area contributed by atoms with Crippen LogP contribution in [0.2, 0.25) is 10.0 Å². The van der Waals surface area contributed by atoms with Gasteiger partial charge in [-0.15, -0.1) is 0 Å². The highest BCUT2D eigenvalue weighted by molar-refractivity contribution is 7.89. The quantitative estimate of drug-likeness (QED) is 0.910. The Kier molecular flexibility index (Phi) is 5.21. The van der Waals surface area contributed by atoms with Gasteiger partial charge in [0.25, 0.3) is 0 Å². The second-order valence-corrected chi connectivity index (χ2v) is 8.50. The van der Waals surface area contributed by atoms with Crippen LogP contribution >= 0.6 is 23.2 Å². The first-order valence-electron chi connectivity index (χ1n) is 6.94. The SMILES string of the molecule is CC1CC(C)CN(S(=O)(=O)c2ccc(Cl)c(CN)c2Cl)C1. The molecule has 1 aliphatic heterocycles. The van der Waals surface area contributed by atoms with E-state index in [2.05, 4.69) is 13.8 Å². The smallest absolute Gasteiger partial charge is 0.244 e. The van der Waals surface area contributed by atoms with Crippen LogP contribution in [-0.4, -0.2) is 25.8 Å². The third-order valence-electron chi connectivity index (χ3n) is 3.81. The van der Waals surface area contributed by atoms with Crippen molar-refractivity contribution in [2.45, 2.75) is 31.7 Å². The lowest BCUT2D eigenvalue weighted by Gasteiger charge is -2.34. The maximum atomic E-state index is 12.8. The summed E-state index contributed by atoms with van der Waals surface area (Å²) in [5, 5.41) is 0.526. The molecule has 2 unspecified atom stereocenters. The molecule has 0 saturated carbocycles. The topological polar surface area (TPSA) is 63.4 Å². The van der Waals surface area contributed by atoms with Crippen molar-refractivity contribution in [3.63, 3.8) is 0 Å². The van der Waals surface area contributed by atoms with Crippen molar-refractivity contribution in [3.8, 4) is 0 Å². The molecule has 1 aromatic rings. The van der Waals surface area contributed by atoms with E-state index in [-0.39, 0.29) is 16.5 Å². The first kappa shape index (κ1) is 17.0. The van der Waals surface area contributed by atoms with Crippen LogP contribution in [0.15, 0.2) is 17.0 Å². The predicted molar refractivity (Wildman–Crippen MR) is 86.1 cm³/mol. The summed E-state index contributed by atoms with van der Waals surface area (Å²) in [4.78, 5) is 0.0929. The standard InChI is InChI=1S/C14H20Cl2N2O2S/c1-9-5-10(2)8-18(7-9)21(19,20)13-4-3-12(15)11(6-17)14(13)16/h3-4,9-10H,5-8,17H2,1-2H3. The summed E-state index contributed by atoms with van der Waals surface area (Å²) >= 11 is 12.2. The third kappa shape index (κ3) is 3.37. The van der Waals surface area contributed by atoms with E-state index >= 15 is 0 Å². The molecule has 0 bridgehead atoms. The Hall–Kier alpha value is -0.330. The van der Waals surface area contributed by atoms with E-state index in [1.54, 1.807) is 6.07 Å². The molecular formula is C14H20Cl2N2O2S. The van der Waals surface area contributed by atoms with Gasteiger partial charge in [0.2, 0.25) is 10.0 Å². The summed E-state index contributed by atoms with van der Waals surface area (Å²) in [6.45, 7) is 5.26. The van der Waals surface area contributed by atoms with Crippen molar-refractivity contribution in [3.05, 3.63) is 27.7 Å². The van der Waals surface area contributed by atoms with Crippen LogP contribution in [0.5, 0.6) is 0 Å². The van der Waals surface area contributed by atoms with Crippen LogP contribution in [-0.2, 0) is 16.6 Å². The number of nitrogens with zero attached hydrogens (tertiary/aromatic N) is 1. The summed E-state index contributed by atoms with van der Waals surface area (Å²) in [7, 11) is -3.62. The minimum absolute atomic E-state index is 0.0929. The first-order valence-corrected chi connectivity index (χ1v) is 9.14. The fourth-order valence-electron chi connectivity index (χ4n) is 2.90. The Bertz CT molecular complexity index is 624. The van der Waals surface area contributed by atoms with Gasteiger partial charge in [-0.1, -0.05) is 37.0 Å². The normalized spacial score (nSPS) is 24.2. The van der Waals surface area contributed by atoms with E-state index in [4.69, 9.17) is 28.9 Å². The molecule has 118 valence electrons. The molecule has 0 amide bonds. The molecule has 4 nitrogen and oxygen atoms in total. The molecule has 2 atom stereocenters. The van der Waals surface area contributed by atoms with Gasteiger partial charge in [-0.2, -0.15) is 4.31 Å². The Morgan fingerprint density at radius 1 is 1.24 bits per heavy atom. The zero-order valence-corrected chi connectivity index (χ0v) is 14.5. The summed E-state index contributed by atoms with van der Waals surface area (Å²) in [5.74, 6) is 0.673. The molecule has 2 N–H and O–H groups in total. The number of hydrogen-bond acceptors (Lipinski definition) is 3. The first-order chi connectivity index (χ1) is 9.77. The Balaban J connectivity index is 2.45. The number of rotatable bonds is 3. The third-order valence-corrected chi connectivity index (χ3v) is 6.58. The van der Waals surface area contributed by atoms with Crippen LogP contribution in [0, 0.1) is 11.8 Å². The van der Waals surface area contributed by atoms with Gasteiger partial charge in [0, 0.05) is 30.2 Å². The average Bonchev–Trinajstić information content (AvgIpc) is 2.37. The molecule has 21 heavy (non-hydrogen) atoms. The Morgan fingerprint density at radius 2 is 1.81 bits per heavy atom. The van der Waals surface area contributed by atoms with Gasteiger partial charge in [0.1, 0.15) is 4.90 Å². The highest BCUT2D eigenvalue weighted by Gasteiger charge is 2.33. The van der Waals surface area contributed by atoms with Crippen molar-refractivity contribution < 1.29 is 8.42 Å². The fourth-order valence-corrected chi connectivity index (χ4v) is 5.49. The average molecular weight is 351 g/mol. The fraction of sp³-hybridized carbons (Fsp3) is 0.571. The van der Waals surface area contributed by atoms with Crippen molar-refractivity contribution in [1.82, 2.24) is 4.31 Å². The van der Waals surface area contributed by atoms with E-state index in [0.29, 0.717) is 35.5 Å². The Labute approximate surface area is 136 Å². The predicted octanol–water partition coefficient (Wildman–Crippen LogP) is 3.12. The zero-order valence-electron chi connectivity index (χ0n) is 12.1. The van der Waals surface area contributed by atoms with E-state index in [1.807, 2.05) is 0 Å². The molecule has 7 heteroatoms. The molecule has 0 radical (unpaired) electrons. The Morgan fingerprint density at radius 3 is 2.33 bits per heavy atom. The van der Waals surface area contributed by atoms with E-state index in [1.165, 1.54) is 10.4 Å². The zero-order chi connectivity index (χ0) is 15.8. The highest BCUT2D eigenvalue weighted by Crippen LogP contribution is 2.34. The molecule has 2 rings (SSSR count). The van der Waals surface area contributed by atoms with Crippen molar-refractivity contribution in [1.29, 1.82) is 0 Å². The molecule has 1 aliphatic rings. The van der Waals surface area contributed by atoms with Crippen molar-refractivity contribution in [2.24, 2.45) is 17.6 Å². The number of sulfonamides is 1. The van der Waals surface area contributed by atoms with E-state index in [0.717, 1.165) is 6.42 Å². The second-order valence-electron chi connectivity index (χ2n) is 5.81. The van der Waals surface area contributed by atoms with Gasteiger partial charge >= 0.3 is 0 Å². The summed E-state index contributed by atoms with van der Waals surface area (Å²) in [6.07, 6.45) is 1.04. The number of piperidine rings is 1. The minimum Gasteiger partial charge on any atom is -0.326 e. The summed E-state index contributed by atoms with van der Waals surface area (Å²) in [5.41, 5.74) is 6.08. The lowest BCUT2D eigenvalue weighted by molar-refractivity contribution is 0.222. The largest absolute Gasteiger partial charge is 0.326 e. The van der Waals surface area contributed by atoms with E-state index < -0.39 is 10.0 Å². The summed E-state index contributed by atoms with van der Waals surface area (Å²) in [6, 6.07) is 3.00. The molecule has 1 saturated heterocycles. The van der Waals surface area contributed by atoms with Gasteiger partial charge in [0.05, 0.1) is 5.02 Å². The molecule has 1 aromatic carbocycles. The molecular weight excluding hydrogens is 331 g/mol. The number of halogens is 2. The van der Waals surface area contributed by atoms with Gasteiger partial charge in [0.15, 0.2) is 0 Å². The van der Waals surface area contributed by atoms with Gasteiger partial charge in [-0.05, 0) is 30.4 Å². The highest BCUT2D eigenvalue weighted by atomic mass is 35.5. The van der Waals surface area contributed by atoms with Gasteiger partial charge in [-0.25, -0.2) is 8.42 Å². The van der Waals surface area contributed by atoms with Crippen LogP contribution in [0.4, 0.5) is 0 Å². The number of hydrogen-bond donors (Lipinski definition) is 1. The summed E-state index contributed by atoms with van der Waals surface area (Å²) < 4.78 is 27.2. The molecule has 1 fully saturated rings. The lowest BCUT2D eigenvalue weighted by Crippen LogP contribution is -2.42. The maximum absolute atomic E-state index is 12.8. The van der Waals surface area contributed by atoms with Crippen LogP contribution in [0.1, 0.15) is 25.8 Å². The van der Waals surface area contributed by atoms with Crippen LogP contribution in [0.25, 0.3) is 0 Å².